The first-order valence-electron chi connectivity index (χ1n) is 4.27. The standard InChI is InChI=1S/C9H8Cl2O4S/c1-2-15-9(12)6-3-4-7(10)8(5-6)16(11,13)14/h3-5H,2H2,1H3. The van der Waals surface area contributed by atoms with Crippen LogP contribution >= 0.6 is 22.3 Å². The topological polar surface area (TPSA) is 60.4 Å². The summed E-state index contributed by atoms with van der Waals surface area (Å²) in [5.41, 5.74) is 0.0884. The number of hydrogen-bond donors (Lipinski definition) is 0. The zero-order valence-electron chi connectivity index (χ0n) is 8.24. The summed E-state index contributed by atoms with van der Waals surface area (Å²) in [6.07, 6.45) is 0. The summed E-state index contributed by atoms with van der Waals surface area (Å²) in [6.45, 7) is 1.84. The van der Waals surface area contributed by atoms with Gasteiger partial charge in [-0.1, -0.05) is 11.6 Å². The van der Waals surface area contributed by atoms with Gasteiger partial charge in [-0.05, 0) is 25.1 Å². The Labute approximate surface area is 103 Å². The van der Waals surface area contributed by atoms with Gasteiger partial charge in [0, 0.05) is 10.7 Å². The second-order valence-electron chi connectivity index (χ2n) is 2.80. The SMILES string of the molecule is CCOC(=O)c1ccc(Cl)c(S(=O)(=O)Cl)c1. The van der Waals surface area contributed by atoms with Gasteiger partial charge in [-0.3, -0.25) is 0 Å². The molecule has 4 nitrogen and oxygen atoms in total. The van der Waals surface area contributed by atoms with Crippen molar-refractivity contribution >= 4 is 37.3 Å². The maximum atomic E-state index is 11.3. The highest BCUT2D eigenvalue weighted by molar-refractivity contribution is 8.13. The van der Waals surface area contributed by atoms with Crippen molar-refractivity contribution in [1.29, 1.82) is 0 Å². The first kappa shape index (κ1) is 13.3. The molecule has 0 amide bonds. The van der Waals surface area contributed by atoms with Crippen LogP contribution in [0.15, 0.2) is 23.1 Å². The van der Waals surface area contributed by atoms with E-state index in [0.717, 1.165) is 6.07 Å². The highest BCUT2D eigenvalue weighted by Gasteiger charge is 2.18. The summed E-state index contributed by atoms with van der Waals surface area (Å²) < 4.78 is 26.9. The van der Waals surface area contributed by atoms with E-state index in [4.69, 9.17) is 27.0 Å². The molecule has 0 atom stereocenters. The Morgan fingerprint density at radius 3 is 2.56 bits per heavy atom. The number of carbonyl (C=O) groups is 1. The molecule has 0 heterocycles. The van der Waals surface area contributed by atoms with E-state index >= 15 is 0 Å². The number of halogens is 2. The van der Waals surface area contributed by atoms with Crippen molar-refractivity contribution in [2.24, 2.45) is 0 Å². The zero-order chi connectivity index (χ0) is 12.3. The van der Waals surface area contributed by atoms with Crippen LogP contribution in [0.25, 0.3) is 0 Å². The van der Waals surface area contributed by atoms with Gasteiger partial charge < -0.3 is 4.74 Å². The van der Waals surface area contributed by atoms with Gasteiger partial charge in [-0.25, -0.2) is 13.2 Å². The number of hydrogen-bond acceptors (Lipinski definition) is 4. The molecule has 0 unspecified atom stereocenters. The van der Waals surface area contributed by atoms with Crippen molar-refractivity contribution < 1.29 is 17.9 Å². The molecule has 0 aliphatic heterocycles. The van der Waals surface area contributed by atoms with E-state index in [0.29, 0.717) is 0 Å². The molecule has 0 saturated heterocycles. The van der Waals surface area contributed by atoms with Crippen LogP contribution < -0.4 is 0 Å². The van der Waals surface area contributed by atoms with Gasteiger partial charge in [0.2, 0.25) is 0 Å². The lowest BCUT2D eigenvalue weighted by molar-refractivity contribution is 0.0526. The maximum Gasteiger partial charge on any atom is 0.338 e. The minimum Gasteiger partial charge on any atom is -0.462 e. The number of rotatable bonds is 3. The van der Waals surface area contributed by atoms with Crippen LogP contribution in [-0.2, 0) is 13.8 Å². The lowest BCUT2D eigenvalue weighted by atomic mass is 10.2. The molecule has 1 rings (SSSR count). The van der Waals surface area contributed by atoms with Gasteiger partial charge in [0.05, 0.1) is 17.2 Å². The smallest absolute Gasteiger partial charge is 0.338 e. The summed E-state index contributed by atoms with van der Waals surface area (Å²) in [4.78, 5) is 11.0. The third-order valence-corrected chi connectivity index (χ3v) is 3.51. The Hall–Kier alpha value is -0.780. The number of benzene rings is 1. The number of esters is 1. The second kappa shape index (κ2) is 5.03. The molecule has 1 aromatic rings. The van der Waals surface area contributed by atoms with Crippen LogP contribution in [0.2, 0.25) is 5.02 Å². The molecule has 0 aliphatic rings. The van der Waals surface area contributed by atoms with Crippen molar-refractivity contribution in [3.8, 4) is 0 Å². The Morgan fingerprint density at radius 1 is 1.44 bits per heavy atom. The third kappa shape index (κ3) is 3.10. The van der Waals surface area contributed by atoms with Gasteiger partial charge in [-0.15, -0.1) is 0 Å². The maximum absolute atomic E-state index is 11.3. The van der Waals surface area contributed by atoms with Crippen LogP contribution in [0, 0.1) is 0 Å². The van der Waals surface area contributed by atoms with E-state index in [1.54, 1.807) is 6.92 Å². The molecule has 0 radical (unpaired) electrons. The molecule has 0 aliphatic carbocycles. The molecular formula is C9H8Cl2O4S. The minimum atomic E-state index is -3.97. The Kier molecular flexibility index (Phi) is 4.18. The fraction of sp³-hybridized carbons (Fsp3) is 0.222. The predicted octanol–water partition coefficient (Wildman–Crippen LogP) is 2.44. The van der Waals surface area contributed by atoms with Crippen molar-refractivity contribution in [3.63, 3.8) is 0 Å². The van der Waals surface area contributed by atoms with E-state index in [1.165, 1.54) is 12.1 Å². The second-order valence-corrected chi connectivity index (χ2v) is 5.75. The quantitative estimate of drug-likeness (QED) is 0.631. The number of carbonyl (C=O) groups excluding carboxylic acids is 1. The van der Waals surface area contributed by atoms with E-state index in [1.807, 2.05) is 0 Å². The Morgan fingerprint density at radius 2 is 2.06 bits per heavy atom. The summed E-state index contributed by atoms with van der Waals surface area (Å²) in [5, 5.41) is -0.0388. The van der Waals surface area contributed by atoms with Crippen molar-refractivity contribution in [1.82, 2.24) is 0 Å². The highest BCUT2D eigenvalue weighted by Crippen LogP contribution is 2.25. The molecule has 1 aromatic carbocycles. The normalized spacial score (nSPS) is 11.2. The molecule has 0 aromatic heterocycles. The van der Waals surface area contributed by atoms with Crippen LogP contribution in [-0.4, -0.2) is 21.0 Å². The molecule has 16 heavy (non-hydrogen) atoms. The van der Waals surface area contributed by atoms with E-state index in [2.05, 4.69) is 0 Å². The van der Waals surface area contributed by atoms with Crippen molar-refractivity contribution in [3.05, 3.63) is 28.8 Å². The summed E-state index contributed by atoms with van der Waals surface area (Å²) in [7, 11) is 1.18. The fourth-order valence-electron chi connectivity index (χ4n) is 1.03. The molecule has 0 bridgehead atoms. The van der Waals surface area contributed by atoms with Crippen LogP contribution in [0.3, 0.4) is 0 Å². The first-order valence-corrected chi connectivity index (χ1v) is 6.96. The van der Waals surface area contributed by atoms with Gasteiger partial charge in [-0.2, -0.15) is 0 Å². The average molecular weight is 283 g/mol. The van der Waals surface area contributed by atoms with Crippen LogP contribution in [0.1, 0.15) is 17.3 Å². The monoisotopic (exact) mass is 282 g/mol. The van der Waals surface area contributed by atoms with Gasteiger partial charge in [0.1, 0.15) is 4.90 Å². The van der Waals surface area contributed by atoms with E-state index < -0.39 is 15.0 Å². The molecule has 88 valence electrons. The molecule has 0 saturated carbocycles. The zero-order valence-corrected chi connectivity index (χ0v) is 10.6. The Balaban J connectivity index is 3.23. The summed E-state index contributed by atoms with van der Waals surface area (Å²) in [6, 6.07) is 3.73. The summed E-state index contributed by atoms with van der Waals surface area (Å²) in [5.74, 6) is -0.624. The largest absolute Gasteiger partial charge is 0.462 e. The van der Waals surface area contributed by atoms with E-state index in [-0.39, 0.29) is 22.1 Å². The highest BCUT2D eigenvalue weighted by atomic mass is 35.7. The number of ether oxygens (including phenoxy) is 1. The lowest BCUT2D eigenvalue weighted by Gasteiger charge is -2.04. The molecule has 7 heteroatoms. The summed E-state index contributed by atoms with van der Waals surface area (Å²) >= 11 is 5.65. The fourth-order valence-corrected chi connectivity index (χ4v) is 2.52. The third-order valence-electron chi connectivity index (χ3n) is 1.71. The van der Waals surface area contributed by atoms with Gasteiger partial charge >= 0.3 is 5.97 Å². The molecule has 0 spiro atoms. The van der Waals surface area contributed by atoms with Gasteiger partial charge in [0.25, 0.3) is 9.05 Å². The van der Waals surface area contributed by atoms with Crippen LogP contribution in [0.5, 0.6) is 0 Å². The van der Waals surface area contributed by atoms with Crippen molar-refractivity contribution in [2.45, 2.75) is 11.8 Å². The minimum absolute atomic E-state index is 0.0388. The first-order chi connectivity index (χ1) is 7.36. The molecule has 0 fully saturated rings. The Bertz CT molecular complexity index is 510. The average Bonchev–Trinajstić information content (AvgIpc) is 2.16. The van der Waals surface area contributed by atoms with E-state index in [9.17, 15) is 13.2 Å². The van der Waals surface area contributed by atoms with Crippen molar-refractivity contribution in [2.75, 3.05) is 6.61 Å². The van der Waals surface area contributed by atoms with Gasteiger partial charge in [0.15, 0.2) is 0 Å². The molecular weight excluding hydrogens is 275 g/mol. The predicted molar refractivity (Wildman–Crippen MR) is 60.4 cm³/mol. The molecule has 0 N–H and O–H groups in total. The lowest BCUT2D eigenvalue weighted by Crippen LogP contribution is -2.05. The van der Waals surface area contributed by atoms with Crippen LogP contribution in [0.4, 0.5) is 0 Å².